The molecule has 2 aromatic rings. The first-order valence-electron chi connectivity index (χ1n) is 8.28. The highest BCUT2D eigenvalue weighted by Crippen LogP contribution is 2.29. The van der Waals surface area contributed by atoms with Crippen molar-refractivity contribution >= 4 is 40.4 Å². The summed E-state index contributed by atoms with van der Waals surface area (Å²) < 4.78 is 0. The number of carbonyl (C=O) groups excluding carboxylic acids is 1. The maximum Gasteiger partial charge on any atom is 0.185 e. The lowest BCUT2D eigenvalue weighted by Crippen LogP contribution is -2.27. The Morgan fingerprint density at radius 3 is 2.32 bits per heavy atom. The van der Waals surface area contributed by atoms with Crippen LogP contribution in [0.15, 0.2) is 60.7 Å². The zero-order valence-corrected chi connectivity index (χ0v) is 15.3. The summed E-state index contributed by atoms with van der Waals surface area (Å²) in [4.78, 5) is 14.1. The summed E-state index contributed by atoms with van der Waals surface area (Å²) in [5.74, 6) is 1.19. The molecular weight excluding hydrogens is 355 g/mol. The van der Waals surface area contributed by atoms with Gasteiger partial charge in [-0.3, -0.25) is 4.79 Å². The van der Waals surface area contributed by atoms with Crippen LogP contribution in [0.3, 0.4) is 0 Å². The van der Waals surface area contributed by atoms with Gasteiger partial charge in [-0.15, -0.1) is 23.2 Å². The molecule has 130 valence electrons. The monoisotopic (exact) mass is 374 g/mol. The molecule has 0 fully saturated rings. The minimum absolute atomic E-state index is 0.0125. The topological polar surface area (TPSA) is 32.3 Å². The van der Waals surface area contributed by atoms with Gasteiger partial charge < -0.3 is 10.2 Å². The molecule has 2 aromatic carbocycles. The summed E-state index contributed by atoms with van der Waals surface area (Å²) >= 11 is 11.7. The fourth-order valence-electron chi connectivity index (χ4n) is 3.02. The molecule has 1 aliphatic rings. The van der Waals surface area contributed by atoms with Gasteiger partial charge in [-0.2, -0.15) is 0 Å². The van der Waals surface area contributed by atoms with Crippen LogP contribution in [0.4, 0.5) is 11.4 Å². The van der Waals surface area contributed by atoms with Crippen LogP contribution in [0, 0.1) is 0 Å². The molecule has 1 atom stereocenters. The van der Waals surface area contributed by atoms with Crippen molar-refractivity contribution in [3.63, 3.8) is 0 Å². The molecule has 0 heterocycles. The number of hydrogen-bond donors (Lipinski definition) is 1. The quantitative estimate of drug-likeness (QED) is 0.701. The normalized spacial score (nSPS) is 15.8. The third-order valence-corrected chi connectivity index (χ3v) is 4.60. The van der Waals surface area contributed by atoms with Gasteiger partial charge in [0.1, 0.15) is 0 Å². The van der Waals surface area contributed by atoms with Crippen molar-refractivity contribution in [1.82, 2.24) is 0 Å². The first kappa shape index (κ1) is 17.8. The van der Waals surface area contributed by atoms with Crippen molar-refractivity contribution < 1.29 is 4.79 Å². The van der Waals surface area contributed by atoms with Gasteiger partial charge in [0.15, 0.2) is 5.78 Å². The van der Waals surface area contributed by atoms with Crippen molar-refractivity contribution in [2.75, 3.05) is 35.1 Å². The highest BCUT2D eigenvalue weighted by Gasteiger charge is 2.20. The molecule has 5 heteroatoms. The number of nitrogens with one attached hydrogen (secondary N) is 1. The van der Waals surface area contributed by atoms with Crippen molar-refractivity contribution in [3.05, 3.63) is 71.8 Å². The molecule has 25 heavy (non-hydrogen) atoms. The van der Waals surface area contributed by atoms with Crippen molar-refractivity contribution in [1.29, 1.82) is 0 Å². The number of rotatable bonds is 7. The Kier molecular flexibility index (Phi) is 6.00. The van der Waals surface area contributed by atoms with Crippen LogP contribution >= 0.6 is 23.2 Å². The molecule has 3 nitrogen and oxygen atoms in total. The van der Waals surface area contributed by atoms with Crippen LogP contribution in [-0.4, -0.2) is 30.6 Å². The molecular formula is C20H20Cl2N2O. The van der Waals surface area contributed by atoms with E-state index in [1.807, 2.05) is 42.5 Å². The summed E-state index contributed by atoms with van der Waals surface area (Å²) in [6, 6.07) is 15.9. The molecule has 1 aliphatic carbocycles. The summed E-state index contributed by atoms with van der Waals surface area (Å²) in [5, 5.41) is 3.48. The highest BCUT2D eigenvalue weighted by molar-refractivity contribution is 6.18. The van der Waals surface area contributed by atoms with Crippen molar-refractivity contribution in [2.24, 2.45) is 0 Å². The lowest BCUT2D eigenvalue weighted by Gasteiger charge is -2.25. The van der Waals surface area contributed by atoms with Crippen LogP contribution in [0.2, 0.25) is 0 Å². The van der Waals surface area contributed by atoms with Gasteiger partial charge >= 0.3 is 0 Å². The number of carbonyl (C=O) groups is 1. The summed E-state index contributed by atoms with van der Waals surface area (Å²) in [6.07, 6.45) is 3.54. The first-order chi connectivity index (χ1) is 12.2. The number of benzene rings is 2. The Morgan fingerprint density at radius 2 is 1.64 bits per heavy atom. The predicted molar refractivity (Wildman–Crippen MR) is 106 cm³/mol. The molecule has 0 radical (unpaired) electrons. The Bertz CT molecular complexity index is 753. The zero-order chi connectivity index (χ0) is 17.6. The molecule has 1 N–H and O–H groups in total. The molecule has 0 aromatic heterocycles. The number of halogens is 2. The Labute approximate surface area is 158 Å². The summed E-state index contributed by atoms with van der Waals surface area (Å²) in [5.41, 5.74) is 3.86. The lowest BCUT2D eigenvalue weighted by atomic mass is 9.92. The number of anilines is 2. The average Bonchev–Trinajstić information content (AvgIpc) is 2.65. The van der Waals surface area contributed by atoms with E-state index in [1.165, 1.54) is 0 Å². The molecule has 0 bridgehead atoms. The second-order valence-corrected chi connectivity index (χ2v) is 6.60. The maximum atomic E-state index is 12.0. The predicted octanol–water partition coefficient (Wildman–Crippen LogP) is 4.88. The van der Waals surface area contributed by atoms with E-state index in [0.717, 1.165) is 35.6 Å². The van der Waals surface area contributed by atoms with E-state index in [1.54, 1.807) is 6.08 Å². The highest BCUT2D eigenvalue weighted by atomic mass is 35.5. The van der Waals surface area contributed by atoms with E-state index in [-0.39, 0.29) is 11.8 Å². The van der Waals surface area contributed by atoms with Gasteiger partial charge in [0.2, 0.25) is 0 Å². The molecule has 0 saturated heterocycles. The van der Waals surface area contributed by atoms with E-state index in [4.69, 9.17) is 23.2 Å². The molecule has 0 aliphatic heterocycles. The number of allylic oxidation sites excluding steroid dienone is 1. The fraction of sp³-hybridized carbons (Fsp3) is 0.250. The second-order valence-electron chi connectivity index (χ2n) is 5.84. The average molecular weight is 375 g/mol. The van der Waals surface area contributed by atoms with Crippen molar-refractivity contribution in [3.8, 4) is 0 Å². The third kappa shape index (κ3) is 4.17. The Hall–Kier alpha value is -1.97. The number of fused-ring (bicyclic) bond motifs is 1. The SMILES string of the molecule is O=C1C=CC(Nc2ccc(N(CCCl)CCCl)cc2)c2ccccc21. The maximum absolute atomic E-state index is 12.0. The van der Waals surface area contributed by atoms with Crippen molar-refractivity contribution in [2.45, 2.75) is 6.04 Å². The van der Waals surface area contributed by atoms with Gasteiger partial charge in [0.25, 0.3) is 0 Å². The van der Waals surface area contributed by atoms with Crippen LogP contribution in [0.1, 0.15) is 22.0 Å². The van der Waals surface area contributed by atoms with Crippen LogP contribution in [0.25, 0.3) is 0 Å². The molecule has 1 unspecified atom stereocenters. The lowest BCUT2D eigenvalue weighted by molar-refractivity contribution is 0.104. The minimum atomic E-state index is -0.0125. The second kappa shape index (κ2) is 8.41. The van der Waals surface area contributed by atoms with E-state index in [0.29, 0.717) is 11.8 Å². The minimum Gasteiger partial charge on any atom is -0.375 e. The Morgan fingerprint density at radius 1 is 0.960 bits per heavy atom. The van der Waals surface area contributed by atoms with Crippen LogP contribution in [0.5, 0.6) is 0 Å². The van der Waals surface area contributed by atoms with Gasteiger partial charge in [0.05, 0.1) is 6.04 Å². The third-order valence-electron chi connectivity index (χ3n) is 4.26. The van der Waals surface area contributed by atoms with Gasteiger partial charge in [-0.05, 0) is 35.9 Å². The summed E-state index contributed by atoms with van der Waals surface area (Å²) in [7, 11) is 0. The molecule has 0 saturated carbocycles. The largest absolute Gasteiger partial charge is 0.375 e. The number of hydrogen-bond acceptors (Lipinski definition) is 3. The van der Waals surface area contributed by atoms with E-state index in [2.05, 4.69) is 22.3 Å². The first-order valence-corrected chi connectivity index (χ1v) is 9.35. The fourth-order valence-corrected chi connectivity index (χ4v) is 3.43. The van der Waals surface area contributed by atoms with E-state index in [9.17, 15) is 4.79 Å². The Balaban J connectivity index is 1.76. The zero-order valence-electron chi connectivity index (χ0n) is 13.8. The molecule has 0 amide bonds. The molecule has 3 rings (SSSR count). The van der Waals surface area contributed by atoms with E-state index >= 15 is 0 Å². The standard InChI is InChI=1S/C20H20Cl2N2O/c21-11-13-24(14-12-22)16-7-5-15(6-8-16)23-19-9-10-20(25)18-4-2-1-3-17(18)19/h1-10,19,23H,11-14H2. The van der Waals surface area contributed by atoms with Gasteiger partial charge in [-0.25, -0.2) is 0 Å². The number of nitrogens with zero attached hydrogens (tertiary/aromatic N) is 1. The van der Waals surface area contributed by atoms with Crippen LogP contribution in [-0.2, 0) is 0 Å². The van der Waals surface area contributed by atoms with Gasteiger partial charge in [-0.1, -0.05) is 30.3 Å². The number of alkyl halides is 2. The van der Waals surface area contributed by atoms with Crippen LogP contribution < -0.4 is 10.2 Å². The summed E-state index contributed by atoms with van der Waals surface area (Å²) in [6.45, 7) is 1.53. The molecule has 0 spiro atoms. The van der Waals surface area contributed by atoms with Gasteiger partial charge in [0, 0.05) is 41.8 Å². The smallest absolute Gasteiger partial charge is 0.185 e. The van der Waals surface area contributed by atoms with E-state index < -0.39 is 0 Å². The number of ketones is 1.